The first kappa shape index (κ1) is 16.4. The molecule has 1 amide bonds. The van der Waals surface area contributed by atoms with E-state index in [1.54, 1.807) is 7.11 Å². The first-order valence-electron chi connectivity index (χ1n) is 6.31. The lowest BCUT2D eigenvalue weighted by molar-refractivity contribution is -0.122. The van der Waals surface area contributed by atoms with E-state index in [1.807, 2.05) is 0 Å². The molecule has 102 valence electrons. The third-order valence-corrected chi connectivity index (χ3v) is 3.26. The third kappa shape index (κ3) is 7.34. The van der Waals surface area contributed by atoms with E-state index < -0.39 is 6.04 Å². The van der Waals surface area contributed by atoms with E-state index in [1.165, 1.54) is 0 Å². The largest absolute Gasteiger partial charge is 0.385 e. The summed E-state index contributed by atoms with van der Waals surface area (Å²) in [7, 11) is 1.65. The van der Waals surface area contributed by atoms with Gasteiger partial charge in [0.25, 0.3) is 0 Å². The molecule has 2 unspecified atom stereocenters. The van der Waals surface area contributed by atoms with Gasteiger partial charge in [-0.15, -0.1) is 0 Å². The molecular weight excluding hydrogens is 216 g/mol. The molecule has 0 aromatic carbocycles. The minimum absolute atomic E-state index is 0.0581. The van der Waals surface area contributed by atoms with Crippen LogP contribution in [0.5, 0.6) is 0 Å². The molecule has 4 heteroatoms. The van der Waals surface area contributed by atoms with Crippen LogP contribution in [0.15, 0.2) is 0 Å². The Labute approximate surface area is 105 Å². The molecule has 0 fully saturated rings. The van der Waals surface area contributed by atoms with E-state index >= 15 is 0 Å². The second-order valence-corrected chi connectivity index (χ2v) is 5.75. The van der Waals surface area contributed by atoms with E-state index in [0.29, 0.717) is 25.5 Å². The van der Waals surface area contributed by atoms with E-state index in [-0.39, 0.29) is 11.3 Å². The topological polar surface area (TPSA) is 64.3 Å². The molecule has 2 atom stereocenters. The van der Waals surface area contributed by atoms with Crippen molar-refractivity contribution in [3.05, 3.63) is 0 Å². The fourth-order valence-electron chi connectivity index (χ4n) is 1.27. The Balaban J connectivity index is 3.85. The van der Waals surface area contributed by atoms with Gasteiger partial charge in [0.1, 0.15) is 0 Å². The van der Waals surface area contributed by atoms with Crippen LogP contribution >= 0.6 is 0 Å². The number of methoxy groups -OCH3 is 1. The number of ether oxygens (including phenoxy) is 1. The summed E-state index contributed by atoms with van der Waals surface area (Å²) in [6, 6.07) is -0.419. The summed E-state index contributed by atoms with van der Waals surface area (Å²) >= 11 is 0. The molecule has 3 N–H and O–H groups in total. The van der Waals surface area contributed by atoms with Crippen LogP contribution in [0.4, 0.5) is 0 Å². The minimum Gasteiger partial charge on any atom is -0.385 e. The van der Waals surface area contributed by atoms with Gasteiger partial charge in [-0.2, -0.15) is 0 Å². The fraction of sp³-hybridized carbons (Fsp3) is 0.923. The highest BCUT2D eigenvalue weighted by Gasteiger charge is 2.21. The molecule has 17 heavy (non-hydrogen) atoms. The van der Waals surface area contributed by atoms with Gasteiger partial charge < -0.3 is 15.8 Å². The summed E-state index contributed by atoms with van der Waals surface area (Å²) in [5.74, 6) is 0.370. The van der Waals surface area contributed by atoms with Crippen molar-refractivity contribution < 1.29 is 9.53 Å². The highest BCUT2D eigenvalue weighted by molar-refractivity contribution is 5.81. The smallest absolute Gasteiger partial charge is 0.236 e. The van der Waals surface area contributed by atoms with Gasteiger partial charge in [0.15, 0.2) is 0 Å². The van der Waals surface area contributed by atoms with Crippen molar-refractivity contribution in [2.24, 2.45) is 17.1 Å². The fourth-order valence-corrected chi connectivity index (χ4v) is 1.27. The molecule has 0 spiro atoms. The lowest BCUT2D eigenvalue weighted by Gasteiger charge is -2.27. The molecule has 0 aliphatic heterocycles. The summed E-state index contributed by atoms with van der Waals surface area (Å²) in [6.45, 7) is 9.98. The van der Waals surface area contributed by atoms with Crippen molar-refractivity contribution in [2.45, 2.75) is 46.6 Å². The Hall–Kier alpha value is -0.610. The summed E-state index contributed by atoms with van der Waals surface area (Å²) in [5, 5.41) is 2.91. The predicted octanol–water partition coefficient (Wildman–Crippen LogP) is 1.54. The Morgan fingerprint density at radius 3 is 2.47 bits per heavy atom. The molecular formula is C13H28N2O2. The SMILES string of the molecule is COCCCC(N)C(=O)NCC(C)C(C)(C)C. The zero-order valence-electron chi connectivity index (χ0n) is 11.9. The van der Waals surface area contributed by atoms with E-state index in [0.717, 1.165) is 6.42 Å². The maximum Gasteiger partial charge on any atom is 0.236 e. The Morgan fingerprint density at radius 1 is 1.41 bits per heavy atom. The summed E-state index contributed by atoms with van der Waals surface area (Å²) in [6.07, 6.45) is 1.49. The van der Waals surface area contributed by atoms with Gasteiger partial charge in [-0.25, -0.2) is 0 Å². The second-order valence-electron chi connectivity index (χ2n) is 5.75. The van der Waals surface area contributed by atoms with Crippen molar-refractivity contribution in [3.8, 4) is 0 Å². The maximum absolute atomic E-state index is 11.7. The van der Waals surface area contributed by atoms with Crippen LogP contribution in [-0.4, -0.2) is 32.2 Å². The molecule has 0 aromatic rings. The van der Waals surface area contributed by atoms with Crippen LogP contribution in [0.25, 0.3) is 0 Å². The summed E-state index contributed by atoms with van der Waals surface area (Å²) in [5.41, 5.74) is 5.99. The van der Waals surface area contributed by atoms with Crippen LogP contribution in [0.3, 0.4) is 0 Å². The highest BCUT2D eigenvalue weighted by Crippen LogP contribution is 2.24. The lowest BCUT2D eigenvalue weighted by Crippen LogP contribution is -2.43. The van der Waals surface area contributed by atoms with Crippen LogP contribution in [0, 0.1) is 11.3 Å². The predicted molar refractivity (Wildman–Crippen MR) is 70.7 cm³/mol. The first-order valence-corrected chi connectivity index (χ1v) is 6.31. The van der Waals surface area contributed by atoms with Crippen molar-refractivity contribution in [2.75, 3.05) is 20.3 Å². The molecule has 0 aromatic heterocycles. The zero-order valence-corrected chi connectivity index (χ0v) is 11.9. The Morgan fingerprint density at radius 2 is 2.00 bits per heavy atom. The van der Waals surface area contributed by atoms with Gasteiger partial charge >= 0.3 is 0 Å². The number of carbonyl (C=O) groups excluding carboxylic acids is 1. The second kappa shape index (κ2) is 7.67. The Kier molecular flexibility index (Phi) is 7.39. The van der Waals surface area contributed by atoms with Gasteiger partial charge in [0, 0.05) is 20.3 Å². The maximum atomic E-state index is 11.7. The number of rotatable bonds is 7. The third-order valence-electron chi connectivity index (χ3n) is 3.26. The minimum atomic E-state index is -0.419. The van der Waals surface area contributed by atoms with Crippen molar-refractivity contribution >= 4 is 5.91 Å². The molecule has 0 saturated heterocycles. The zero-order chi connectivity index (χ0) is 13.5. The number of nitrogens with two attached hydrogens (primary N) is 1. The quantitative estimate of drug-likeness (QED) is 0.668. The highest BCUT2D eigenvalue weighted by atomic mass is 16.5. The van der Waals surface area contributed by atoms with Crippen LogP contribution < -0.4 is 11.1 Å². The molecule has 0 heterocycles. The Bertz CT molecular complexity index is 224. The number of hydrogen-bond acceptors (Lipinski definition) is 3. The van der Waals surface area contributed by atoms with Crippen molar-refractivity contribution in [3.63, 3.8) is 0 Å². The van der Waals surface area contributed by atoms with Crippen molar-refractivity contribution in [1.82, 2.24) is 5.32 Å². The monoisotopic (exact) mass is 244 g/mol. The van der Waals surface area contributed by atoms with Gasteiger partial charge in [-0.3, -0.25) is 4.79 Å². The standard InChI is InChI=1S/C13H28N2O2/c1-10(13(2,3)4)9-15-12(16)11(14)7-6-8-17-5/h10-11H,6-9,14H2,1-5H3,(H,15,16). The normalized spacial score (nSPS) is 15.4. The number of hydrogen-bond donors (Lipinski definition) is 2. The van der Waals surface area contributed by atoms with Gasteiger partial charge in [0.2, 0.25) is 5.91 Å². The summed E-state index contributed by atoms with van der Waals surface area (Å²) < 4.78 is 4.93. The first-order chi connectivity index (χ1) is 7.79. The van der Waals surface area contributed by atoms with Crippen LogP contribution in [0.2, 0.25) is 0 Å². The van der Waals surface area contributed by atoms with Gasteiger partial charge in [-0.05, 0) is 24.2 Å². The summed E-state index contributed by atoms with van der Waals surface area (Å²) in [4.78, 5) is 11.7. The van der Waals surface area contributed by atoms with E-state index in [4.69, 9.17) is 10.5 Å². The number of nitrogens with one attached hydrogen (secondary N) is 1. The molecule has 0 bridgehead atoms. The van der Waals surface area contributed by atoms with E-state index in [2.05, 4.69) is 33.0 Å². The van der Waals surface area contributed by atoms with Crippen molar-refractivity contribution in [1.29, 1.82) is 0 Å². The molecule has 0 aliphatic rings. The van der Waals surface area contributed by atoms with E-state index in [9.17, 15) is 4.79 Å². The lowest BCUT2D eigenvalue weighted by atomic mass is 9.82. The van der Waals surface area contributed by atoms with Gasteiger partial charge in [0.05, 0.1) is 6.04 Å². The van der Waals surface area contributed by atoms with Crippen LogP contribution in [0.1, 0.15) is 40.5 Å². The molecule has 0 rings (SSSR count). The average molecular weight is 244 g/mol. The number of carbonyl (C=O) groups is 1. The molecule has 0 aliphatic carbocycles. The average Bonchev–Trinajstić information content (AvgIpc) is 2.24. The molecule has 4 nitrogen and oxygen atoms in total. The molecule has 0 saturated carbocycles. The van der Waals surface area contributed by atoms with Gasteiger partial charge in [-0.1, -0.05) is 27.7 Å². The molecule has 0 radical (unpaired) electrons. The number of amides is 1. The van der Waals surface area contributed by atoms with Crippen LogP contribution in [-0.2, 0) is 9.53 Å².